The van der Waals surface area contributed by atoms with Gasteiger partial charge < -0.3 is 10.6 Å². The lowest BCUT2D eigenvalue weighted by molar-refractivity contribution is -0.119. The quantitative estimate of drug-likeness (QED) is 0.772. The molecule has 2 N–H and O–H groups in total. The lowest BCUT2D eigenvalue weighted by atomic mass is 10.4. The Balaban J connectivity index is 2.22. The van der Waals surface area contributed by atoms with Crippen molar-refractivity contribution in [3.8, 4) is 0 Å². The monoisotopic (exact) mass is 287 g/mol. The molecular weight excluding hydrogens is 266 g/mol. The minimum Gasteiger partial charge on any atom is -0.362 e. The third kappa shape index (κ3) is 6.26. The van der Waals surface area contributed by atoms with Gasteiger partial charge in [0.05, 0.1) is 5.75 Å². The molecule has 1 rings (SSSR count). The average molecular weight is 287 g/mol. The Morgan fingerprint density at radius 3 is 3.00 bits per heavy atom. The lowest BCUT2D eigenvalue weighted by Crippen LogP contribution is -2.31. The van der Waals surface area contributed by atoms with Crippen molar-refractivity contribution in [1.29, 1.82) is 0 Å². The zero-order chi connectivity index (χ0) is 13.4. The third-order valence-electron chi connectivity index (χ3n) is 2.01. The maximum Gasteiger partial charge on any atom is 0.230 e. The molecule has 0 saturated heterocycles. The van der Waals surface area contributed by atoms with Gasteiger partial charge in [-0.15, -0.1) is 23.1 Å². The number of rotatable bonds is 8. The van der Waals surface area contributed by atoms with Crippen LogP contribution in [-0.4, -0.2) is 29.2 Å². The third-order valence-corrected chi connectivity index (χ3v) is 4.13. The Hall–Kier alpha value is -0.750. The van der Waals surface area contributed by atoms with Crippen LogP contribution in [0.1, 0.15) is 32.1 Å². The van der Waals surface area contributed by atoms with Gasteiger partial charge in [0.25, 0.3) is 0 Å². The Labute approximate surface area is 117 Å². The Bertz CT molecular complexity index is 366. The van der Waals surface area contributed by atoms with E-state index in [4.69, 9.17) is 0 Å². The fourth-order valence-electron chi connectivity index (χ4n) is 1.30. The summed E-state index contributed by atoms with van der Waals surface area (Å²) in [6, 6.07) is 0.214. The fourth-order valence-corrected chi connectivity index (χ4v) is 3.06. The summed E-state index contributed by atoms with van der Waals surface area (Å²) in [7, 11) is 0. The van der Waals surface area contributed by atoms with Crippen LogP contribution in [0.25, 0.3) is 0 Å². The summed E-state index contributed by atoms with van der Waals surface area (Å²) in [4.78, 5) is 16.9. The molecular formula is C12H21N3OS2. The van der Waals surface area contributed by atoms with Crippen molar-refractivity contribution in [2.75, 3.05) is 17.6 Å². The number of anilines is 1. The molecule has 0 unspecified atom stereocenters. The summed E-state index contributed by atoms with van der Waals surface area (Å²) < 4.78 is 0. The van der Waals surface area contributed by atoms with Crippen LogP contribution in [0.2, 0.25) is 0 Å². The van der Waals surface area contributed by atoms with Gasteiger partial charge in [-0.2, -0.15) is 0 Å². The lowest BCUT2D eigenvalue weighted by Gasteiger charge is -2.07. The van der Waals surface area contributed by atoms with Crippen LogP contribution < -0.4 is 10.6 Å². The molecule has 4 nitrogen and oxygen atoms in total. The molecule has 18 heavy (non-hydrogen) atoms. The van der Waals surface area contributed by atoms with Crippen LogP contribution in [-0.2, 0) is 10.5 Å². The van der Waals surface area contributed by atoms with Crippen molar-refractivity contribution in [3.05, 3.63) is 11.1 Å². The summed E-state index contributed by atoms with van der Waals surface area (Å²) >= 11 is 3.29. The first-order valence-corrected chi connectivity index (χ1v) is 8.14. The highest BCUT2D eigenvalue weighted by molar-refractivity contribution is 7.99. The van der Waals surface area contributed by atoms with Gasteiger partial charge in [-0.25, -0.2) is 4.98 Å². The molecule has 0 atom stereocenters. The van der Waals surface area contributed by atoms with Crippen LogP contribution in [0, 0.1) is 0 Å². The number of carbonyl (C=O) groups excluding carboxylic acids is 1. The number of amides is 1. The second kappa shape index (κ2) is 8.37. The molecule has 0 aliphatic heterocycles. The standard InChI is InChI=1S/C12H21N3OS2/c1-4-5-13-12-14-6-10(18-12)7-17-8-11(16)15-9(2)3/h6,9H,4-5,7-8H2,1-3H3,(H,13,14)(H,15,16). The number of nitrogens with one attached hydrogen (secondary N) is 2. The Morgan fingerprint density at radius 1 is 1.56 bits per heavy atom. The minimum atomic E-state index is 0.101. The van der Waals surface area contributed by atoms with Crippen LogP contribution in [0.3, 0.4) is 0 Å². The number of hydrogen-bond donors (Lipinski definition) is 2. The number of thiazole rings is 1. The average Bonchev–Trinajstić information content (AvgIpc) is 2.73. The van der Waals surface area contributed by atoms with Crippen molar-refractivity contribution in [1.82, 2.24) is 10.3 Å². The van der Waals surface area contributed by atoms with E-state index in [0.29, 0.717) is 5.75 Å². The fraction of sp³-hybridized carbons (Fsp3) is 0.667. The molecule has 0 radical (unpaired) electrons. The molecule has 1 amide bonds. The summed E-state index contributed by atoms with van der Waals surface area (Å²) in [6.07, 6.45) is 2.98. The second-order valence-corrected chi connectivity index (χ2v) is 6.37. The molecule has 0 aromatic carbocycles. The number of aromatic nitrogens is 1. The van der Waals surface area contributed by atoms with Gasteiger partial charge in [0.2, 0.25) is 5.91 Å². The van der Waals surface area contributed by atoms with E-state index >= 15 is 0 Å². The molecule has 0 aliphatic carbocycles. The van der Waals surface area contributed by atoms with E-state index < -0.39 is 0 Å². The molecule has 6 heteroatoms. The Kier molecular flexibility index (Phi) is 7.12. The molecule has 1 heterocycles. The van der Waals surface area contributed by atoms with Crippen LogP contribution in [0.4, 0.5) is 5.13 Å². The SMILES string of the molecule is CCCNc1ncc(CSCC(=O)NC(C)C)s1. The van der Waals surface area contributed by atoms with E-state index in [-0.39, 0.29) is 11.9 Å². The molecule has 0 aliphatic rings. The largest absolute Gasteiger partial charge is 0.362 e. The van der Waals surface area contributed by atoms with Crippen LogP contribution in [0.5, 0.6) is 0 Å². The van der Waals surface area contributed by atoms with E-state index in [1.54, 1.807) is 23.1 Å². The maximum atomic E-state index is 11.4. The van der Waals surface area contributed by atoms with Gasteiger partial charge >= 0.3 is 0 Å². The van der Waals surface area contributed by atoms with E-state index in [9.17, 15) is 4.79 Å². The molecule has 0 fully saturated rings. The highest BCUT2D eigenvalue weighted by atomic mass is 32.2. The number of nitrogens with zero attached hydrogens (tertiary/aromatic N) is 1. The smallest absolute Gasteiger partial charge is 0.230 e. The minimum absolute atomic E-state index is 0.101. The van der Waals surface area contributed by atoms with Gasteiger partial charge in [0, 0.05) is 29.4 Å². The zero-order valence-corrected chi connectivity index (χ0v) is 12.8. The molecule has 0 spiro atoms. The highest BCUT2D eigenvalue weighted by Crippen LogP contribution is 2.22. The van der Waals surface area contributed by atoms with Crippen molar-refractivity contribution in [2.24, 2.45) is 0 Å². The van der Waals surface area contributed by atoms with Crippen molar-refractivity contribution >= 4 is 34.1 Å². The van der Waals surface area contributed by atoms with Crippen LogP contribution >= 0.6 is 23.1 Å². The topological polar surface area (TPSA) is 54.0 Å². The van der Waals surface area contributed by atoms with Gasteiger partial charge in [0.15, 0.2) is 5.13 Å². The molecule has 102 valence electrons. The van der Waals surface area contributed by atoms with Gasteiger partial charge in [-0.1, -0.05) is 6.92 Å². The Morgan fingerprint density at radius 2 is 2.33 bits per heavy atom. The van der Waals surface area contributed by atoms with E-state index in [0.717, 1.165) is 23.8 Å². The van der Waals surface area contributed by atoms with Gasteiger partial charge in [0.1, 0.15) is 0 Å². The summed E-state index contributed by atoms with van der Waals surface area (Å²) in [5, 5.41) is 7.11. The van der Waals surface area contributed by atoms with Crippen molar-refractivity contribution in [3.63, 3.8) is 0 Å². The maximum absolute atomic E-state index is 11.4. The van der Waals surface area contributed by atoms with E-state index in [2.05, 4.69) is 22.5 Å². The summed E-state index contributed by atoms with van der Waals surface area (Å²) in [6.45, 7) is 7.02. The summed E-state index contributed by atoms with van der Waals surface area (Å²) in [5.74, 6) is 1.45. The molecule has 1 aromatic heterocycles. The highest BCUT2D eigenvalue weighted by Gasteiger charge is 2.05. The molecule has 1 aromatic rings. The first-order valence-electron chi connectivity index (χ1n) is 6.17. The first-order chi connectivity index (χ1) is 8.61. The van der Waals surface area contributed by atoms with E-state index in [1.807, 2.05) is 20.0 Å². The van der Waals surface area contributed by atoms with E-state index in [1.165, 1.54) is 4.88 Å². The summed E-state index contributed by atoms with van der Waals surface area (Å²) in [5.41, 5.74) is 0. The number of thioether (sulfide) groups is 1. The second-order valence-electron chi connectivity index (χ2n) is 4.27. The zero-order valence-electron chi connectivity index (χ0n) is 11.2. The van der Waals surface area contributed by atoms with Gasteiger partial charge in [-0.3, -0.25) is 4.79 Å². The number of carbonyl (C=O) groups is 1. The van der Waals surface area contributed by atoms with Gasteiger partial charge in [-0.05, 0) is 20.3 Å². The van der Waals surface area contributed by atoms with Crippen molar-refractivity contribution in [2.45, 2.75) is 39.0 Å². The molecule has 0 bridgehead atoms. The normalized spacial score (nSPS) is 10.7. The van der Waals surface area contributed by atoms with Crippen LogP contribution in [0.15, 0.2) is 6.20 Å². The predicted octanol–water partition coefficient (Wildman–Crippen LogP) is 2.72. The predicted molar refractivity (Wildman–Crippen MR) is 80.3 cm³/mol. The first kappa shape index (κ1) is 15.3. The van der Waals surface area contributed by atoms with Crippen molar-refractivity contribution < 1.29 is 4.79 Å². The number of hydrogen-bond acceptors (Lipinski definition) is 5. The molecule has 0 saturated carbocycles.